The number of hydrogen-bond donors (Lipinski definition) is 0. The summed E-state index contributed by atoms with van der Waals surface area (Å²) in [5.41, 5.74) is -0.634. The van der Waals surface area contributed by atoms with Crippen LogP contribution in [0.25, 0.3) is 0 Å². The third-order valence-electron chi connectivity index (χ3n) is 4.02. The van der Waals surface area contributed by atoms with Crippen LogP contribution < -0.4 is 0 Å². The van der Waals surface area contributed by atoms with E-state index in [0.29, 0.717) is 31.9 Å². The van der Waals surface area contributed by atoms with Crippen LogP contribution in [0.1, 0.15) is 11.4 Å². The highest BCUT2D eigenvalue weighted by molar-refractivity contribution is 8.00. The maximum atomic E-state index is 12.7. The molecule has 1 saturated heterocycles. The lowest BCUT2D eigenvalue weighted by Crippen LogP contribution is -2.53. The van der Waals surface area contributed by atoms with E-state index >= 15 is 0 Å². The molecule has 6 nitrogen and oxygen atoms in total. The summed E-state index contributed by atoms with van der Waals surface area (Å²) in [6.45, 7) is 4.75. The smallest absolute Gasteiger partial charge is 0.338 e. The Hall–Kier alpha value is -1.52. The van der Waals surface area contributed by atoms with Gasteiger partial charge in [0.25, 0.3) is 0 Å². The zero-order valence-corrected chi connectivity index (χ0v) is 14.0. The standard InChI is InChI=1S/C14H18F3N5OS/c1-11-9-12(14(15,16)17)18-21(11)10-13(23)19-4-6-20(7-5-19)22-3-2-8-24-22/h2,8-9H,3-7,10H2,1H3. The monoisotopic (exact) mass is 361 g/mol. The van der Waals surface area contributed by atoms with Gasteiger partial charge in [0.1, 0.15) is 6.54 Å². The van der Waals surface area contributed by atoms with Crippen LogP contribution in [-0.4, -0.2) is 62.7 Å². The summed E-state index contributed by atoms with van der Waals surface area (Å²) in [5, 5.41) is 7.71. The Morgan fingerprint density at radius 2 is 2.00 bits per heavy atom. The molecule has 2 aliphatic heterocycles. The van der Waals surface area contributed by atoms with E-state index in [4.69, 9.17) is 0 Å². The summed E-state index contributed by atoms with van der Waals surface area (Å²) >= 11 is 1.62. The third-order valence-corrected chi connectivity index (χ3v) is 4.96. The fraction of sp³-hybridized carbons (Fsp3) is 0.571. The number of aromatic nitrogens is 2. The van der Waals surface area contributed by atoms with Gasteiger partial charge in [0.2, 0.25) is 5.91 Å². The molecule has 0 unspecified atom stereocenters. The lowest BCUT2D eigenvalue weighted by molar-refractivity contribution is -0.142. The maximum absolute atomic E-state index is 12.7. The van der Waals surface area contributed by atoms with Gasteiger partial charge >= 0.3 is 6.18 Å². The van der Waals surface area contributed by atoms with Crippen LogP contribution in [0.15, 0.2) is 17.6 Å². The first-order valence-electron chi connectivity index (χ1n) is 7.58. The molecular weight excluding hydrogens is 343 g/mol. The van der Waals surface area contributed by atoms with Crippen molar-refractivity contribution in [3.63, 3.8) is 0 Å². The topological polar surface area (TPSA) is 44.6 Å². The van der Waals surface area contributed by atoms with Gasteiger partial charge in [0.15, 0.2) is 5.69 Å². The molecule has 0 radical (unpaired) electrons. The summed E-state index contributed by atoms with van der Waals surface area (Å²) < 4.78 is 41.3. The Morgan fingerprint density at radius 1 is 1.29 bits per heavy atom. The van der Waals surface area contributed by atoms with E-state index < -0.39 is 11.9 Å². The summed E-state index contributed by atoms with van der Waals surface area (Å²) in [4.78, 5) is 14.0. The van der Waals surface area contributed by atoms with Crippen molar-refractivity contribution in [1.29, 1.82) is 0 Å². The SMILES string of the molecule is Cc1cc(C(F)(F)F)nn1CC(=O)N1CCN(N2CC=CS2)CC1. The predicted molar refractivity (Wildman–Crippen MR) is 83.6 cm³/mol. The number of nitrogens with zero attached hydrogens (tertiary/aromatic N) is 5. The highest BCUT2D eigenvalue weighted by Gasteiger charge is 2.35. The zero-order valence-electron chi connectivity index (χ0n) is 13.2. The van der Waals surface area contributed by atoms with E-state index in [-0.39, 0.29) is 12.5 Å². The molecule has 2 aliphatic rings. The minimum Gasteiger partial charge on any atom is -0.338 e. The van der Waals surface area contributed by atoms with Crippen LogP contribution in [0.3, 0.4) is 0 Å². The molecule has 1 aromatic heterocycles. The molecule has 0 aromatic carbocycles. The number of hydrogen-bond acceptors (Lipinski definition) is 5. The lowest BCUT2D eigenvalue weighted by Gasteiger charge is -2.38. The lowest BCUT2D eigenvalue weighted by atomic mass is 10.3. The molecule has 0 spiro atoms. The van der Waals surface area contributed by atoms with Gasteiger partial charge in [-0.3, -0.25) is 9.48 Å². The van der Waals surface area contributed by atoms with Crippen molar-refractivity contribution in [2.75, 3.05) is 32.7 Å². The van der Waals surface area contributed by atoms with Crippen LogP contribution in [0.5, 0.6) is 0 Å². The first kappa shape index (κ1) is 17.3. The first-order chi connectivity index (χ1) is 11.3. The maximum Gasteiger partial charge on any atom is 0.435 e. The number of carbonyl (C=O) groups excluding carboxylic acids is 1. The van der Waals surface area contributed by atoms with Crippen LogP contribution in [-0.2, 0) is 17.5 Å². The van der Waals surface area contributed by atoms with Crippen molar-refractivity contribution in [3.8, 4) is 0 Å². The minimum absolute atomic E-state index is 0.165. The van der Waals surface area contributed by atoms with Gasteiger partial charge in [-0.25, -0.2) is 5.01 Å². The van der Waals surface area contributed by atoms with Gasteiger partial charge in [0, 0.05) is 38.4 Å². The van der Waals surface area contributed by atoms with Gasteiger partial charge in [-0.05, 0) is 30.3 Å². The molecule has 3 rings (SSSR count). The molecular formula is C14H18F3N5OS. The molecule has 1 aromatic rings. The Morgan fingerprint density at radius 3 is 2.54 bits per heavy atom. The first-order valence-corrected chi connectivity index (χ1v) is 8.42. The van der Waals surface area contributed by atoms with Gasteiger partial charge < -0.3 is 4.90 Å². The molecule has 0 saturated carbocycles. The van der Waals surface area contributed by atoms with Crippen molar-refractivity contribution >= 4 is 17.9 Å². The molecule has 0 atom stereocenters. The Bertz CT molecular complexity index is 629. The second-order valence-corrected chi connectivity index (χ2v) is 6.58. The molecule has 0 N–H and O–H groups in total. The fourth-order valence-corrected chi connectivity index (χ4v) is 3.46. The summed E-state index contributed by atoms with van der Waals surface area (Å²) in [6.07, 6.45) is -2.42. The fourth-order valence-electron chi connectivity index (χ4n) is 2.68. The number of piperazine rings is 1. The molecule has 24 heavy (non-hydrogen) atoms. The van der Waals surface area contributed by atoms with Crippen LogP contribution >= 0.6 is 11.9 Å². The second kappa shape index (κ2) is 6.77. The molecule has 1 amide bonds. The summed E-state index contributed by atoms with van der Waals surface area (Å²) in [6, 6.07) is 0.961. The zero-order chi connectivity index (χ0) is 17.3. The van der Waals surface area contributed by atoms with Crippen molar-refractivity contribution < 1.29 is 18.0 Å². The Labute approximate surface area is 142 Å². The minimum atomic E-state index is -4.49. The number of halogens is 3. The van der Waals surface area contributed by atoms with Crippen molar-refractivity contribution in [2.45, 2.75) is 19.6 Å². The number of aryl methyl sites for hydroxylation is 1. The van der Waals surface area contributed by atoms with Crippen LogP contribution in [0.2, 0.25) is 0 Å². The second-order valence-electron chi connectivity index (χ2n) is 5.67. The van der Waals surface area contributed by atoms with E-state index in [0.717, 1.165) is 17.3 Å². The van der Waals surface area contributed by atoms with E-state index in [1.54, 1.807) is 16.8 Å². The summed E-state index contributed by atoms with van der Waals surface area (Å²) in [5.74, 6) is -0.207. The van der Waals surface area contributed by atoms with Gasteiger partial charge in [0.05, 0.1) is 0 Å². The molecule has 0 bridgehead atoms. The van der Waals surface area contributed by atoms with Crippen molar-refractivity contribution in [1.82, 2.24) is 24.1 Å². The van der Waals surface area contributed by atoms with E-state index in [1.807, 2.05) is 5.41 Å². The van der Waals surface area contributed by atoms with Crippen molar-refractivity contribution in [2.24, 2.45) is 0 Å². The van der Waals surface area contributed by atoms with Gasteiger partial charge in [-0.2, -0.15) is 22.7 Å². The number of rotatable bonds is 3. The van der Waals surface area contributed by atoms with Crippen LogP contribution in [0, 0.1) is 6.92 Å². The highest BCUT2D eigenvalue weighted by atomic mass is 32.2. The van der Waals surface area contributed by atoms with E-state index in [2.05, 4.69) is 20.6 Å². The molecule has 0 aliphatic carbocycles. The number of alkyl halides is 3. The molecule has 1 fully saturated rings. The predicted octanol–water partition coefficient (Wildman–Crippen LogP) is 1.75. The Kier molecular flexibility index (Phi) is 4.88. The largest absolute Gasteiger partial charge is 0.435 e. The van der Waals surface area contributed by atoms with Crippen molar-refractivity contribution in [3.05, 3.63) is 28.9 Å². The Balaban J connectivity index is 1.55. The quantitative estimate of drug-likeness (QED) is 0.768. The molecule has 10 heteroatoms. The van der Waals surface area contributed by atoms with Gasteiger partial charge in [-0.15, -0.1) is 0 Å². The number of hydrazine groups is 1. The summed E-state index contributed by atoms with van der Waals surface area (Å²) in [7, 11) is 0. The normalized spacial score (nSPS) is 20.1. The number of carbonyl (C=O) groups is 1. The molecule has 132 valence electrons. The third kappa shape index (κ3) is 3.76. The average molecular weight is 361 g/mol. The number of amides is 1. The van der Waals surface area contributed by atoms with Crippen LogP contribution in [0.4, 0.5) is 13.2 Å². The van der Waals surface area contributed by atoms with Gasteiger partial charge in [-0.1, -0.05) is 6.08 Å². The highest BCUT2D eigenvalue weighted by Crippen LogP contribution is 2.28. The van der Waals surface area contributed by atoms with E-state index in [1.165, 1.54) is 6.92 Å². The average Bonchev–Trinajstić information content (AvgIpc) is 3.17. The van der Waals surface area contributed by atoms with E-state index in [9.17, 15) is 18.0 Å². The molecule has 3 heterocycles.